The standard InChI is InChI=1S/C21H23NO4S/c1-15(23)27-14-18(11-16-7-3-2-4-8-16)21(26)19-10-6-5-9-17(19)12-22-13-20(24)25/h2-10,18,22H,11-14H2,1H3,(H,24,25)/t18-/m0/s1. The molecule has 0 aromatic heterocycles. The Kier molecular flexibility index (Phi) is 8.23. The van der Waals surface area contributed by atoms with Crippen molar-refractivity contribution < 1.29 is 19.5 Å². The lowest BCUT2D eigenvalue weighted by Gasteiger charge is -2.17. The number of nitrogens with one attached hydrogen (secondary N) is 1. The minimum atomic E-state index is -0.946. The van der Waals surface area contributed by atoms with Crippen LogP contribution in [-0.4, -0.2) is 34.3 Å². The summed E-state index contributed by atoms with van der Waals surface area (Å²) in [4.78, 5) is 35.3. The van der Waals surface area contributed by atoms with Crippen LogP contribution < -0.4 is 5.32 Å². The van der Waals surface area contributed by atoms with Crippen LogP contribution in [-0.2, 0) is 22.6 Å². The van der Waals surface area contributed by atoms with Gasteiger partial charge in [-0.25, -0.2) is 0 Å². The van der Waals surface area contributed by atoms with Gasteiger partial charge in [0.2, 0.25) is 0 Å². The minimum Gasteiger partial charge on any atom is -0.480 e. The number of carbonyl (C=O) groups excluding carboxylic acids is 2. The van der Waals surface area contributed by atoms with Gasteiger partial charge >= 0.3 is 5.97 Å². The molecule has 0 spiro atoms. The van der Waals surface area contributed by atoms with E-state index in [4.69, 9.17) is 5.11 Å². The lowest BCUT2D eigenvalue weighted by molar-refractivity contribution is -0.136. The Morgan fingerprint density at radius 3 is 2.37 bits per heavy atom. The molecule has 2 aromatic carbocycles. The van der Waals surface area contributed by atoms with E-state index in [1.165, 1.54) is 6.92 Å². The number of carboxylic acids is 1. The first-order valence-electron chi connectivity index (χ1n) is 8.69. The van der Waals surface area contributed by atoms with Crippen molar-refractivity contribution in [3.63, 3.8) is 0 Å². The first-order valence-corrected chi connectivity index (χ1v) is 9.68. The van der Waals surface area contributed by atoms with Crippen molar-refractivity contribution in [1.82, 2.24) is 5.32 Å². The highest BCUT2D eigenvalue weighted by Gasteiger charge is 2.23. The Labute approximate surface area is 163 Å². The molecule has 0 aliphatic rings. The predicted molar refractivity (Wildman–Crippen MR) is 107 cm³/mol. The third kappa shape index (κ3) is 7.00. The highest BCUT2D eigenvalue weighted by Crippen LogP contribution is 2.22. The van der Waals surface area contributed by atoms with Crippen molar-refractivity contribution >= 4 is 28.6 Å². The van der Waals surface area contributed by atoms with Gasteiger partial charge < -0.3 is 10.4 Å². The van der Waals surface area contributed by atoms with Crippen LogP contribution in [0.25, 0.3) is 0 Å². The maximum absolute atomic E-state index is 13.2. The summed E-state index contributed by atoms with van der Waals surface area (Å²) in [7, 11) is 0. The second-order valence-corrected chi connectivity index (χ2v) is 7.40. The highest BCUT2D eigenvalue weighted by molar-refractivity contribution is 8.13. The summed E-state index contributed by atoms with van der Waals surface area (Å²) in [6.07, 6.45) is 0.552. The summed E-state index contributed by atoms with van der Waals surface area (Å²) >= 11 is 1.16. The van der Waals surface area contributed by atoms with Gasteiger partial charge in [-0.3, -0.25) is 14.4 Å². The van der Waals surface area contributed by atoms with Crippen molar-refractivity contribution in [1.29, 1.82) is 0 Å². The molecule has 2 N–H and O–H groups in total. The summed E-state index contributed by atoms with van der Waals surface area (Å²) in [6.45, 7) is 1.63. The van der Waals surface area contributed by atoms with E-state index in [1.54, 1.807) is 12.1 Å². The Morgan fingerprint density at radius 1 is 1.04 bits per heavy atom. The highest BCUT2D eigenvalue weighted by atomic mass is 32.2. The minimum absolute atomic E-state index is 0.0164. The first-order chi connectivity index (χ1) is 13.0. The van der Waals surface area contributed by atoms with E-state index in [0.717, 1.165) is 22.9 Å². The Balaban J connectivity index is 2.20. The lowest BCUT2D eigenvalue weighted by Crippen LogP contribution is -2.25. The number of hydrogen-bond acceptors (Lipinski definition) is 5. The summed E-state index contributed by atoms with van der Waals surface area (Å²) in [5, 5.41) is 11.6. The van der Waals surface area contributed by atoms with E-state index in [-0.39, 0.29) is 23.4 Å². The van der Waals surface area contributed by atoms with Crippen LogP contribution in [0.4, 0.5) is 0 Å². The van der Waals surface area contributed by atoms with Gasteiger partial charge in [-0.1, -0.05) is 66.4 Å². The molecule has 142 valence electrons. The first kappa shape index (κ1) is 20.9. The van der Waals surface area contributed by atoms with E-state index in [0.29, 0.717) is 24.3 Å². The van der Waals surface area contributed by atoms with Crippen molar-refractivity contribution in [2.75, 3.05) is 12.3 Å². The van der Waals surface area contributed by atoms with Crippen LogP contribution >= 0.6 is 11.8 Å². The zero-order valence-electron chi connectivity index (χ0n) is 15.2. The number of thioether (sulfide) groups is 1. The molecule has 5 nitrogen and oxygen atoms in total. The van der Waals surface area contributed by atoms with Gasteiger partial charge in [-0.05, 0) is 17.5 Å². The summed E-state index contributed by atoms with van der Waals surface area (Å²) in [6, 6.07) is 16.9. The van der Waals surface area contributed by atoms with Crippen LogP contribution in [0.2, 0.25) is 0 Å². The van der Waals surface area contributed by atoms with Crippen molar-refractivity contribution in [2.45, 2.75) is 19.9 Å². The zero-order valence-corrected chi connectivity index (χ0v) is 16.0. The number of hydrogen-bond donors (Lipinski definition) is 2. The molecule has 27 heavy (non-hydrogen) atoms. The molecule has 0 saturated heterocycles. The van der Waals surface area contributed by atoms with Crippen molar-refractivity contribution in [2.24, 2.45) is 5.92 Å². The second kappa shape index (κ2) is 10.6. The average Bonchev–Trinajstić information content (AvgIpc) is 2.65. The fraction of sp³-hybridized carbons (Fsp3) is 0.286. The van der Waals surface area contributed by atoms with Crippen LogP contribution in [0.1, 0.15) is 28.4 Å². The number of aliphatic carboxylic acids is 1. The monoisotopic (exact) mass is 385 g/mol. The maximum Gasteiger partial charge on any atom is 0.317 e. The summed E-state index contributed by atoms with van der Waals surface area (Å²) in [5.74, 6) is -0.888. The molecule has 0 aliphatic carbocycles. The third-order valence-corrected chi connectivity index (χ3v) is 5.03. The van der Waals surface area contributed by atoms with Crippen LogP contribution in [0.5, 0.6) is 0 Å². The summed E-state index contributed by atoms with van der Waals surface area (Å²) < 4.78 is 0. The molecule has 0 saturated carbocycles. The zero-order chi connectivity index (χ0) is 19.6. The number of carbonyl (C=O) groups is 3. The second-order valence-electron chi connectivity index (χ2n) is 6.21. The topological polar surface area (TPSA) is 83.5 Å². The molecular weight excluding hydrogens is 362 g/mol. The fourth-order valence-corrected chi connectivity index (χ4v) is 3.49. The van der Waals surface area contributed by atoms with Crippen molar-refractivity contribution in [3.05, 3.63) is 71.3 Å². The molecule has 0 aliphatic heterocycles. The van der Waals surface area contributed by atoms with E-state index >= 15 is 0 Å². The number of ketones is 1. The largest absolute Gasteiger partial charge is 0.480 e. The molecule has 0 amide bonds. The third-order valence-electron chi connectivity index (χ3n) is 4.06. The number of rotatable bonds is 10. The number of benzene rings is 2. The molecule has 2 aromatic rings. The Morgan fingerprint density at radius 2 is 1.70 bits per heavy atom. The van der Waals surface area contributed by atoms with E-state index in [1.807, 2.05) is 42.5 Å². The van der Waals surface area contributed by atoms with E-state index < -0.39 is 5.97 Å². The fourth-order valence-electron chi connectivity index (χ4n) is 2.78. The molecule has 0 fully saturated rings. The van der Waals surface area contributed by atoms with Gasteiger partial charge in [0.25, 0.3) is 0 Å². The number of Topliss-reactive ketones (excluding diaryl/α,β-unsaturated/α-hetero) is 1. The average molecular weight is 385 g/mol. The Hall–Kier alpha value is -2.44. The lowest BCUT2D eigenvalue weighted by atomic mass is 9.90. The van der Waals surface area contributed by atoms with Gasteiger partial charge in [-0.15, -0.1) is 0 Å². The normalized spacial score (nSPS) is 11.7. The quantitative estimate of drug-likeness (QED) is 0.611. The molecule has 2 rings (SSSR count). The summed E-state index contributed by atoms with van der Waals surface area (Å²) in [5.41, 5.74) is 2.37. The smallest absolute Gasteiger partial charge is 0.317 e. The molecule has 1 atom stereocenters. The van der Waals surface area contributed by atoms with Gasteiger partial charge in [-0.2, -0.15) is 0 Å². The van der Waals surface area contributed by atoms with Crippen molar-refractivity contribution in [3.8, 4) is 0 Å². The molecule has 0 unspecified atom stereocenters. The molecule has 0 bridgehead atoms. The van der Waals surface area contributed by atoms with Crippen LogP contribution in [0.15, 0.2) is 54.6 Å². The van der Waals surface area contributed by atoms with E-state index in [9.17, 15) is 14.4 Å². The maximum atomic E-state index is 13.2. The predicted octanol–water partition coefficient (Wildman–Crippen LogP) is 3.18. The van der Waals surface area contributed by atoms with Gasteiger partial charge in [0.1, 0.15) is 0 Å². The van der Waals surface area contributed by atoms with Gasteiger partial charge in [0.15, 0.2) is 10.9 Å². The number of carboxylic acid groups (broad SMARTS) is 1. The van der Waals surface area contributed by atoms with Gasteiger partial charge in [0.05, 0.1) is 6.54 Å². The van der Waals surface area contributed by atoms with Gasteiger partial charge in [0, 0.05) is 30.7 Å². The molecule has 6 heteroatoms. The molecule has 0 radical (unpaired) electrons. The Bertz CT molecular complexity index is 792. The molecule has 0 heterocycles. The van der Waals surface area contributed by atoms with E-state index in [2.05, 4.69) is 5.32 Å². The molecular formula is C21H23NO4S. The van der Waals surface area contributed by atoms with Crippen LogP contribution in [0, 0.1) is 5.92 Å². The van der Waals surface area contributed by atoms with Crippen LogP contribution in [0.3, 0.4) is 0 Å². The SMILES string of the molecule is CC(=O)SC[C@H](Cc1ccccc1)C(=O)c1ccccc1CNCC(=O)O.